The van der Waals surface area contributed by atoms with E-state index in [1.165, 1.54) is 51.7 Å². The van der Waals surface area contributed by atoms with Gasteiger partial charge in [-0.15, -0.1) is 0 Å². The van der Waals surface area contributed by atoms with Gasteiger partial charge in [-0.3, -0.25) is 9.10 Å². The highest BCUT2D eigenvalue weighted by atomic mass is 35.5. The van der Waals surface area contributed by atoms with E-state index in [1.807, 2.05) is 13.8 Å². The molecule has 0 heterocycles. The Balaban J connectivity index is 1.99. The van der Waals surface area contributed by atoms with E-state index >= 15 is 0 Å². The number of methoxy groups -OCH3 is 3. The minimum absolute atomic E-state index is 0.00321. The second kappa shape index (κ2) is 12.1. The summed E-state index contributed by atoms with van der Waals surface area (Å²) in [5.41, 5.74) is 0.572. The summed E-state index contributed by atoms with van der Waals surface area (Å²) >= 11 is 6.19. The second-order valence-corrected chi connectivity index (χ2v) is 10.4. The zero-order chi connectivity index (χ0) is 27.2. The van der Waals surface area contributed by atoms with Crippen LogP contribution in [-0.2, 0) is 14.8 Å². The number of amides is 1. The van der Waals surface area contributed by atoms with Gasteiger partial charge in [0.2, 0.25) is 5.91 Å². The molecule has 0 atom stereocenters. The molecule has 0 saturated carbocycles. The second-order valence-electron chi connectivity index (χ2n) is 8.08. The van der Waals surface area contributed by atoms with Gasteiger partial charge in [-0.2, -0.15) is 0 Å². The summed E-state index contributed by atoms with van der Waals surface area (Å²) in [6, 6.07) is 15.4. The van der Waals surface area contributed by atoms with E-state index in [4.69, 9.17) is 30.5 Å². The van der Waals surface area contributed by atoms with Crippen LogP contribution in [0.25, 0.3) is 0 Å². The first-order valence-corrected chi connectivity index (χ1v) is 13.1. The standard InChI is InChI=1S/C26H29ClN2O7S/c1-17(2)36-20-9-7-19(8-10-20)28-26(30)16-29(22-14-18(27)6-12-23(22)33-3)37(31,32)21-11-13-24(34-4)25(15-21)35-5/h6-15,17H,16H2,1-5H3,(H,28,30). The third kappa shape index (κ3) is 6.78. The normalized spacial score (nSPS) is 11.1. The first kappa shape index (κ1) is 27.9. The molecule has 1 amide bonds. The zero-order valence-electron chi connectivity index (χ0n) is 21.1. The number of sulfonamides is 1. The van der Waals surface area contributed by atoms with Gasteiger partial charge in [-0.1, -0.05) is 11.6 Å². The lowest BCUT2D eigenvalue weighted by atomic mass is 10.2. The van der Waals surface area contributed by atoms with Gasteiger partial charge < -0.3 is 24.3 Å². The smallest absolute Gasteiger partial charge is 0.265 e. The van der Waals surface area contributed by atoms with Crippen molar-refractivity contribution in [2.45, 2.75) is 24.8 Å². The molecule has 0 bridgehead atoms. The van der Waals surface area contributed by atoms with Crippen molar-refractivity contribution in [3.8, 4) is 23.0 Å². The van der Waals surface area contributed by atoms with Crippen LogP contribution in [0.15, 0.2) is 65.6 Å². The fraction of sp³-hybridized carbons (Fsp3) is 0.269. The molecule has 0 saturated heterocycles. The van der Waals surface area contributed by atoms with Crippen molar-refractivity contribution < 1.29 is 32.2 Å². The molecular weight excluding hydrogens is 520 g/mol. The molecule has 0 unspecified atom stereocenters. The van der Waals surface area contributed by atoms with E-state index in [0.717, 1.165) is 4.31 Å². The van der Waals surface area contributed by atoms with E-state index in [2.05, 4.69) is 5.32 Å². The fourth-order valence-corrected chi connectivity index (χ4v) is 5.09. The lowest BCUT2D eigenvalue weighted by molar-refractivity contribution is -0.114. The molecule has 0 aliphatic heterocycles. The SMILES string of the molecule is COc1ccc(S(=O)(=O)N(CC(=O)Nc2ccc(OC(C)C)cc2)c2cc(Cl)ccc2OC)cc1OC. The third-order valence-corrected chi connectivity index (χ3v) is 7.14. The molecular formula is C26H29ClN2O7S. The molecule has 11 heteroatoms. The van der Waals surface area contributed by atoms with Gasteiger partial charge in [0.15, 0.2) is 11.5 Å². The zero-order valence-corrected chi connectivity index (χ0v) is 22.7. The number of nitrogens with zero attached hydrogens (tertiary/aromatic N) is 1. The first-order chi connectivity index (χ1) is 17.6. The summed E-state index contributed by atoms with van der Waals surface area (Å²) in [5.74, 6) is 0.861. The van der Waals surface area contributed by atoms with Gasteiger partial charge in [-0.05, 0) is 68.4 Å². The number of nitrogens with one attached hydrogen (secondary N) is 1. The Kier molecular flexibility index (Phi) is 9.12. The number of carbonyl (C=O) groups is 1. The van der Waals surface area contributed by atoms with Crippen molar-refractivity contribution in [1.29, 1.82) is 0 Å². The number of carbonyl (C=O) groups excluding carboxylic acids is 1. The maximum atomic E-state index is 13.8. The summed E-state index contributed by atoms with van der Waals surface area (Å²) < 4.78 is 50.1. The Hall–Kier alpha value is -3.63. The molecule has 0 aromatic heterocycles. The number of halogens is 1. The molecule has 1 N–H and O–H groups in total. The summed E-state index contributed by atoms with van der Waals surface area (Å²) in [7, 11) is -0.0475. The van der Waals surface area contributed by atoms with Crippen LogP contribution in [0.2, 0.25) is 5.02 Å². The molecule has 198 valence electrons. The Morgan fingerprint density at radius 2 is 1.51 bits per heavy atom. The van der Waals surface area contributed by atoms with Gasteiger partial charge in [0, 0.05) is 16.8 Å². The van der Waals surface area contributed by atoms with Gasteiger partial charge >= 0.3 is 0 Å². The van der Waals surface area contributed by atoms with Gasteiger partial charge in [0.25, 0.3) is 10.0 Å². The molecule has 0 radical (unpaired) electrons. The van der Waals surface area contributed by atoms with Crippen molar-refractivity contribution in [2.75, 3.05) is 37.5 Å². The number of hydrogen-bond acceptors (Lipinski definition) is 7. The fourth-order valence-electron chi connectivity index (χ4n) is 3.48. The molecule has 0 aliphatic carbocycles. The van der Waals surface area contributed by atoms with Crippen molar-refractivity contribution in [2.24, 2.45) is 0 Å². The number of rotatable bonds is 11. The summed E-state index contributed by atoms with van der Waals surface area (Å²) in [6.07, 6.45) is 0.00321. The Bertz CT molecular complexity index is 1350. The Morgan fingerprint density at radius 3 is 2.11 bits per heavy atom. The topological polar surface area (TPSA) is 103 Å². The third-order valence-electron chi connectivity index (χ3n) is 5.15. The summed E-state index contributed by atoms with van der Waals surface area (Å²) in [6.45, 7) is 3.26. The van der Waals surface area contributed by atoms with Crippen molar-refractivity contribution >= 4 is 38.9 Å². The molecule has 9 nitrogen and oxygen atoms in total. The van der Waals surface area contributed by atoms with Gasteiger partial charge in [0.1, 0.15) is 18.0 Å². The van der Waals surface area contributed by atoms with E-state index in [9.17, 15) is 13.2 Å². The Labute approximate surface area is 221 Å². The number of ether oxygens (including phenoxy) is 4. The largest absolute Gasteiger partial charge is 0.495 e. The molecule has 37 heavy (non-hydrogen) atoms. The molecule has 0 spiro atoms. The number of anilines is 2. The van der Waals surface area contributed by atoms with Crippen LogP contribution in [-0.4, -0.2) is 48.3 Å². The van der Waals surface area contributed by atoms with Crippen LogP contribution < -0.4 is 28.6 Å². The van der Waals surface area contributed by atoms with Crippen LogP contribution in [0.1, 0.15) is 13.8 Å². The van der Waals surface area contributed by atoms with Crippen LogP contribution in [0.3, 0.4) is 0 Å². The predicted molar refractivity (Wildman–Crippen MR) is 143 cm³/mol. The van der Waals surface area contributed by atoms with E-state index in [1.54, 1.807) is 30.3 Å². The number of benzene rings is 3. The average molecular weight is 549 g/mol. The first-order valence-electron chi connectivity index (χ1n) is 11.2. The summed E-state index contributed by atoms with van der Waals surface area (Å²) in [5, 5.41) is 2.99. The van der Waals surface area contributed by atoms with Crippen molar-refractivity contribution in [3.63, 3.8) is 0 Å². The van der Waals surface area contributed by atoms with E-state index < -0.39 is 22.5 Å². The van der Waals surface area contributed by atoms with Crippen LogP contribution >= 0.6 is 11.6 Å². The highest BCUT2D eigenvalue weighted by Gasteiger charge is 2.30. The monoisotopic (exact) mass is 548 g/mol. The lowest BCUT2D eigenvalue weighted by Gasteiger charge is -2.26. The molecule has 3 rings (SSSR count). The minimum atomic E-state index is -4.29. The van der Waals surface area contributed by atoms with Gasteiger partial charge in [0.05, 0.1) is 38.0 Å². The minimum Gasteiger partial charge on any atom is -0.495 e. The van der Waals surface area contributed by atoms with Crippen LogP contribution in [0.5, 0.6) is 23.0 Å². The predicted octanol–water partition coefficient (Wildman–Crippen LogP) is 4.99. The molecule has 0 aliphatic rings. The van der Waals surface area contributed by atoms with Crippen molar-refractivity contribution in [3.05, 3.63) is 65.7 Å². The Morgan fingerprint density at radius 1 is 0.892 bits per heavy atom. The van der Waals surface area contributed by atoms with Crippen LogP contribution in [0.4, 0.5) is 11.4 Å². The van der Waals surface area contributed by atoms with E-state index in [-0.39, 0.29) is 33.2 Å². The maximum absolute atomic E-state index is 13.8. The molecule has 3 aromatic rings. The highest BCUT2D eigenvalue weighted by molar-refractivity contribution is 7.92. The maximum Gasteiger partial charge on any atom is 0.265 e. The highest BCUT2D eigenvalue weighted by Crippen LogP contribution is 2.37. The van der Waals surface area contributed by atoms with E-state index in [0.29, 0.717) is 17.2 Å². The van der Waals surface area contributed by atoms with Crippen LogP contribution in [0, 0.1) is 0 Å². The molecule has 0 fully saturated rings. The van der Waals surface area contributed by atoms with Gasteiger partial charge in [-0.25, -0.2) is 8.42 Å². The number of hydrogen-bond donors (Lipinski definition) is 1. The summed E-state index contributed by atoms with van der Waals surface area (Å²) in [4.78, 5) is 13.0. The average Bonchev–Trinajstić information content (AvgIpc) is 2.87. The molecule has 3 aromatic carbocycles. The quantitative estimate of drug-likeness (QED) is 0.360. The van der Waals surface area contributed by atoms with Crippen molar-refractivity contribution in [1.82, 2.24) is 0 Å². The lowest BCUT2D eigenvalue weighted by Crippen LogP contribution is -2.38.